The van der Waals surface area contributed by atoms with Gasteiger partial charge in [0.1, 0.15) is 5.52 Å². The quantitative estimate of drug-likeness (QED) is 0.746. The molecule has 0 fully saturated rings. The second-order valence-corrected chi connectivity index (χ2v) is 4.77. The minimum absolute atomic E-state index is 0.00395. The Labute approximate surface area is 122 Å². The van der Waals surface area contributed by atoms with Crippen molar-refractivity contribution in [2.75, 3.05) is 5.73 Å². The van der Waals surface area contributed by atoms with Gasteiger partial charge < -0.3 is 5.73 Å². The normalized spacial score (nSPS) is 12.0. The molecule has 0 atom stereocenters. The van der Waals surface area contributed by atoms with Gasteiger partial charge in [0.05, 0.1) is 23.0 Å². The Morgan fingerprint density at radius 2 is 1.95 bits per heavy atom. The number of anilines is 1. The molecule has 0 unspecified atom stereocenters. The van der Waals surface area contributed by atoms with Crippen LogP contribution in [0.25, 0.3) is 16.7 Å². The van der Waals surface area contributed by atoms with Crippen LogP contribution in [0.4, 0.5) is 19.1 Å². The molecule has 0 saturated heterocycles. The summed E-state index contributed by atoms with van der Waals surface area (Å²) in [5.74, 6) is -0.0502. The molecule has 0 saturated carbocycles. The number of rotatable bonds is 1. The van der Waals surface area contributed by atoms with Gasteiger partial charge in [-0.1, -0.05) is 11.6 Å². The predicted molar refractivity (Wildman–Crippen MR) is 73.3 cm³/mol. The molecular weight excluding hydrogens is 305 g/mol. The first kappa shape index (κ1) is 13.7. The number of hydrogen-bond donors (Lipinski definition) is 1. The Balaban J connectivity index is 2.36. The zero-order valence-corrected chi connectivity index (χ0v) is 11.2. The Morgan fingerprint density at radius 3 is 2.67 bits per heavy atom. The lowest BCUT2D eigenvalue weighted by Crippen LogP contribution is -2.12. The molecule has 8 heteroatoms. The van der Waals surface area contributed by atoms with Crippen molar-refractivity contribution in [3.63, 3.8) is 0 Å². The standard InChI is InChI=1S/C13H8ClF3N4/c14-7-1-2-10(8(5-7)13(15,16)17)21-11-3-4-19-6-9(11)20-12(21)18/h1-6H,(H2,18,20). The summed E-state index contributed by atoms with van der Waals surface area (Å²) in [6.45, 7) is 0. The SMILES string of the molecule is Nc1nc2cnccc2n1-c1ccc(Cl)cc1C(F)(F)F. The molecule has 3 aromatic rings. The number of nitrogens with two attached hydrogens (primary N) is 1. The van der Waals surface area contributed by atoms with Crippen molar-refractivity contribution in [2.24, 2.45) is 0 Å². The van der Waals surface area contributed by atoms with Gasteiger partial charge in [0.25, 0.3) is 0 Å². The molecule has 0 aliphatic rings. The number of halogens is 4. The third-order valence-electron chi connectivity index (χ3n) is 2.99. The average Bonchev–Trinajstić information content (AvgIpc) is 2.74. The first-order chi connectivity index (χ1) is 9.88. The van der Waals surface area contributed by atoms with Crippen molar-refractivity contribution >= 4 is 28.6 Å². The molecule has 2 aromatic heterocycles. The Morgan fingerprint density at radius 1 is 1.19 bits per heavy atom. The molecule has 3 rings (SSSR count). The highest BCUT2D eigenvalue weighted by atomic mass is 35.5. The molecule has 0 aliphatic carbocycles. The third kappa shape index (κ3) is 2.29. The lowest BCUT2D eigenvalue weighted by Gasteiger charge is -2.15. The first-order valence-corrected chi connectivity index (χ1v) is 6.21. The van der Waals surface area contributed by atoms with E-state index in [4.69, 9.17) is 17.3 Å². The van der Waals surface area contributed by atoms with Crippen molar-refractivity contribution in [1.29, 1.82) is 0 Å². The fourth-order valence-electron chi connectivity index (χ4n) is 2.13. The van der Waals surface area contributed by atoms with E-state index in [0.29, 0.717) is 11.0 Å². The average molecular weight is 313 g/mol. The van der Waals surface area contributed by atoms with Crippen molar-refractivity contribution in [3.05, 3.63) is 47.2 Å². The molecule has 2 N–H and O–H groups in total. The van der Waals surface area contributed by atoms with E-state index in [1.165, 1.54) is 29.1 Å². The minimum atomic E-state index is -4.56. The summed E-state index contributed by atoms with van der Waals surface area (Å²) >= 11 is 5.68. The van der Waals surface area contributed by atoms with Crippen molar-refractivity contribution in [1.82, 2.24) is 14.5 Å². The summed E-state index contributed by atoms with van der Waals surface area (Å²) in [4.78, 5) is 7.88. The molecule has 0 spiro atoms. The van der Waals surface area contributed by atoms with E-state index in [0.717, 1.165) is 6.07 Å². The number of benzene rings is 1. The van der Waals surface area contributed by atoms with E-state index in [9.17, 15) is 13.2 Å². The Bertz CT molecular complexity index is 826. The number of imidazole rings is 1. The van der Waals surface area contributed by atoms with Gasteiger partial charge in [0, 0.05) is 11.2 Å². The summed E-state index contributed by atoms with van der Waals surface area (Å²) in [6, 6.07) is 5.05. The zero-order valence-electron chi connectivity index (χ0n) is 10.4. The van der Waals surface area contributed by atoms with E-state index in [-0.39, 0.29) is 16.7 Å². The number of nitrogen functional groups attached to an aromatic ring is 1. The van der Waals surface area contributed by atoms with Crippen LogP contribution in [0.1, 0.15) is 5.56 Å². The molecule has 1 aromatic carbocycles. The van der Waals surface area contributed by atoms with Gasteiger partial charge in [-0.25, -0.2) is 4.98 Å². The van der Waals surface area contributed by atoms with Gasteiger partial charge in [0.2, 0.25) is 5.95 Å². The number of nitrogens with zero attached hydrogens (tertiary/aromatic N) is 3. The van der Waals surface area contributed by atoms with Crippen LogP contribution < -0.4 is 5.73 Å². The molecule has 21 heavy (non-hydrogen) atoms. The smallest absolute Gasteiger partial charge is 0.369 e. The molecule has 0 amide bonds. The number of pyridine rings is 1. The summed E-state index contributed by atoms with van der Waals surface area (Å²) in [5.41, 5.74) is 5.61. The summed E-state index contributed by atoms with van der Waals surface area (Å²) in [6.07, 6.45) is -1.66. The summed E-state index contributed by atoms with van der Waals surface area (Å²) < 4.78 is 40.9. The molecule has 4 nitrogen and oxygen atoms in total. The topological polar surface area (TPSA) is 56.7 Å². The zero-order chi connectivity index (χ0) is 15.2. The summed E-state index contributed by atoms with van der Waals surface area (Å²) in [7, 11) is 0. The van der Waals surface area contributed by atoms with E-state index >= 15 is 0 Å². The monoisotopic (exact) mass is 312 g/mol. The molecule has 0 aliphatic heterocycles. The fourth-order valence-corrected chi connectivity index (χ4v) is 2.31. The lowest BCUT2D eigenvalue weighted by atomic mass is 10.1. The van der Waals surface area contributed by atoms with Crippen LogP contribution in [-0.2, 0) is 6.18 Å². The largest absolute Gasteiger partial charge is 0.418 e. The van der Waals surface area contributed by atoms with Gasteiger partial charge in [-0.15, -0.1) is 0 Å². The van der Waals surface area contributed by atoms with Crippen LogP contribution >= 0.6 is 11.6 Å². The van der Waals surface area contributed by atoms with E-state index in [1.54, 1.807) is 6.07 Å². The number of fused-ring (bicyclic) bond motifs is 1. The van der Waals surface area contributed by atoms with Crippen LogP contribution in [0.5, 0.6) is 0 Å². The van der Waals surface area contributed by atoms with Crippen LogP contribution in [-0.4, -0.2) is 14.5 Å². The van der Waals surface area contributed by atoms with Crippen LogP contribution in [0.15, 0.2) is 36.7 Å². The van der Waals surface area contributed by atoms with E-state index in [1.807, 2.05) is 0 Å². The van der Waals surface area contributed by atoms with Gasteiger partial charge in [0.15, 0.2) is 0 Å². The van der Waals surface area contributed by atoms with Crippen LogP contribution in [0, 0.1) is 0 Å². The predicted octanol–water partition coefficient (Wildman–Crippen LogP) is 3.67. The second kappa shape index (κ2) is 4.63. The minimum Gasteiger partial charge on any atom is -0.369 e. The highest BCUT2D eigenvalue weighted by Gasteiger charge is 2.35. The Hall–Kier alpha value is -2.28. The van der Waals surface area contributed by atoms with Gasteiger partial charge in [-0.05, 0) is 24.3 Å². The molecular formula is C13H8ClF3N4. The highest BCUT2D eigenvalue weighted by Crippen LogP contribution is 2.37. The second-order valence-electron chi connectivity index (χ2n) is 4.33. The maximum atomic E-state index is 13.2. The first-order valence-electron chi connectivity index (χ1n) is 5.83. The molecule has 0 bridgehead atoms. The number of aromatic nitrogens is 3. The van der Waals surface area contributed by atoms with Crippen LogP contribution in [0.3, 0.4) is 0 Å². The molecule has 2 heterocycles. The lowest BCUT2D eigenvalue weighted by molar-refractivity contribution is -0.137. The number of hydrogen-bond acceptors (Lipinski definition) is 3. The van der Waals surface area contributed by atoms with Gasteiger partial charge in [-0.3, -0.25) is 9.55 Å². The van der Waals surface area contributed by atoms with Crippen molar-refractivity contribution in [2.45, 2.75) is 6.18 Å². The number of alkyl halides is 3. The van der Waals surface area contributed by atoms with Crippen molar-refractivity contribution < 1.29 is 13.2 Å². The van der Waals surface area contributed by atoms with Gasteiger partial charge >= 0.3 is 6.18 Å². The highest BCUT2D eigenvalue weighted by molar-refractivity contribution is 6.30. The van der Waals surface area contributed by atoms with Crippen LogP contribution in [0.2, 0.25) is 5.02 Å². The fraction of sp³-hybridized carbons (Fsp3) is 0.0769. The van der Waals surface area contributed by atoms with Crippen molar-refractivity contribution in [3.8, 4) is 5.69 Å². The Kier molecular flexibility index (Phi) is 3.02. The van der Waals surface area contributed by atoms with E-state index in [2.05, 4.69) is 9.97 Å². The molecule has 0 radical (unpaired) electrons. The van der Waals surface area contributed by atoms with Gasteiger partial charge in [-0.2, -0.15) is 13.2 Å². The van der Waals surface area contributed by atoms with E-state index < -0.39 is 11.7 Å². The third-order valence-corrected chi connectivity index (χ3v) is 3.22. The maximum Gasteiger partial charge on any atom is 0.418 e. The molecule has 108 valence electrons. The maximum absolute atomic E-state index is 13.2. The summed E-state index contributed by atoms with van der Waals surface area (Å²) in [5, 5.41) is -0.00395.